The molecule has 7 heteroatoms. The number of aryl methyl sites for hydroxylation is 2. The van der Waals surface area contributed by atoms with E-state index in [1.165, 1.54) is 0 Å². The molecule has 2 aromatic rings. The lowest BCUT2D eigenvalue weighted by Crippen LogP contribution is -2.17. The molecular weight excluding hydrogens is 378 g/mol. The molecule has 0 N–H and O–H groups in total. The molecule has 1 saturated heterocycles. The Kier molecular flexibility index (Phi) is 5.74. The van der Waals surface area contributed by atoms with Crippen LogP contribution in [0.25, 0.3) is 0 Å². The summed E-state index contributed by atoms with van der Waals surface area (Å²) in [6, 6.07) is 9.17. The minimum atomic E-state index is -3.02. The average Bonchev–Trinajstić information content (AvgIpc) is 3.13. The first-order valence-corrected chi connectivity index (χ1v) is 11.1. The SMILES string of the molecule is Cc1ccc(CC(=O)OCC(=O)c2cc(C)n(C3CCS(=O)(=O)C3)c2C)cc1. The summed E-state index contributed by atoms with van der Waals surface area (Å²) in [5, 5.41) is 0. The maximum Gasteiger partial charge on any atom is 0.310 e. The second-order valence-electron chi connectivity index (χ2n) is 7.46. The van der Waals surface area contributed by atoms with Crippen LogP contribution in [-0.2, 0) is 25.8 Å². The predicted molar refractivity (Wildman–Crippen MR) is 106 cm³/mol. The van der Waals surface area contributed by atoms with Crippen LogP contribution in [0.4, 0.5) is 0 Å². The van der Waals surface area contributed by atoms with Crippen LogP contribution in [0.15, 0.2) is 30.3 Å². The van der Waals surface area contributed by atoms with Crippen molar-refractivity contribution in [3.05, 3.63) is 58.4 Å². The van der Waals surface area contributed by atoms with Crippen molar-refractivity contribution in [3.63, 3.8) is 0 Å². The van der Waals surface area contributed by atoms with Crippen LogP contribution in [0.3, 0.4) is 0 Å². The summed E-state index contributed by atoms with van der Waals surface area (Å²) < 4.78 is 30.7. The van der Waals surface area contributed by atoms with Gasteiger partial charge in [0.25, 0.3) is 0 Å². The molecule has 1 aromatic heterocycles. The highest BCUT2D eigenvalue weighted by molar-refractivity contribution is 7.91. The maximum atomic E-state index is 12.6. The molecule has 1 aliphatic heterocycles. The van der Waals surface area contributed by atoms with Crippen LogP contribution in [-0.4, -0.2) is 42.9 Å². The van der Waals surface area contributed by atoms with E-state index in [4.69, 9.17) is 4.74 Å². The summed E-state index contributed by atoms with van der Waals surface area (Å²) in [5.41, 5.74) is 3.99. The van der Waals surface area contributed by atoms with Gasteiger partial charge in [-0.15, -0.1) is 0 Å². The van der Waals surface area contributed by atoms with Gasteiger partial charge in [0.2, 0.25) is 5.78 Å². The maximum absolute atomic E-state index is 12.6. The van der Waals surface area contributed by atoms with Crippen molar-refractivity contribution in [1.82, 2.24) is 4.57 Å². The van der Waals surface area contributed by atoms with Crippen molar-refractivity contribution in [3.8, 4) is 0 Å². The van der Waals surface area contributed by atoms with E-state index < -0.39 is 15.8 Å². The molecule has 1 fully saturated rings. The van der Waals surface area contributed by atoms with Gasteiger partial charge in [-0.25, -0.2) is 8.42 Å². The zero-order chi connectivity index (χ0) is 20.5. The van der Waals surface area contributed by atoms with Gasteiger partial charge in [-0.3, -0.25) is 9.59 Å². The molecule has 1 aliphatic rings. The number of carbonyl (C=O) groups is 2. The zero-order valence-electron chi connectivity index (χ0n) is 16.4. The first kappa shape index (κ1) is 20.3. The highest BCUT2D eigenvalue weighted by Gasteiger charge is 2.31. The summed E-state index contributed by atoms with van der Waals surface area (Å²) in [5.74, 6) is -0.456. The Labute approximate surface area is 165 Å². The number of benzene rings is 1. The summed E-state index contributed by atoms with van der Waals surface area (Å²) in [4.78, 5) is 24.6. The molecule has 0 amide bonds. The number of nitrogens with zero attached hydrogens (tertiary/aromatic N) is 1. The molecule has 0 saturated carbocycles. The molecule has 1 atom stereocenters. The number of ether oxygens (including phenoxy) is 1. The fourth-order valence-corrected chi connectivity index (χ4v) is 5.45. The number of hydrogen-bond donors (Lipinski definition) is 0. The molecule has 2 heterocycles. The van der Waals surface area contributed by atoms with E-state index in [-0.39, 0.29) is 36.4 Å². The zero-order valence-corrected chi connectivity index (χ0v) is 17.2. The number of carbonyl (C=O) groups excluding carboxylic acids is 2. The Morgan fingerprint density at radius 1 is 1.14 bits per heavy atom. The van der Waals surface area contributed by atoms with Gasteiger partial charge in [0.05, 0.1) is 17.9 Å². The molecule has 1 aromatic carbocycles. The molecule has 150 valence electrons. The Morgan fingerprint density at radius 3 is 2.43 bits per heavy atom. The van der Waals surface area contributed by atoms with Gasteiger partial charge in [0, 0.05) is 23.0 Å². The molecule has 3 rings (SSSR count). The predicted octanol–water partition coefficient (Wildman–Crippen LogP) is 2.74. The molecular formula is C21H25NO5S. The average molecular weight is 404 g/mol. The Hall–Kier alpha value is -2.41. The number of ketones is 1. The van der Waals surface area contributed by atoms with Crippen LogP contribution in [0.1, 0.15) is 45.3 Å². The fraction of sp³-hybridized carbons (Fsp3) is 0.429. The van der Waals surface area contributed by atoms with Crippen molar-refractivity contribution in [2.75, 3.05) is 18.1 Å². The van der Waals surface area contributed by atoms with Crippen molar-refractivity contribution >= 4 is 21.6 Å². The molecule has 0 radical (unpaired) electrons. The number of Topliss-reactive ketones (excluding diaryl/α,β-unsaturated/α-hetero) is 1. The van der Waals surface area contributed by atoms with Gasteiger partial charge < -0.3 is 9.30 Å². The molecule has 0 spiro atoms. The van der Waals surface area contributed by atoms with Gasteiger partial charge >= 0.3 is 5.97 Å². The third-order valence-electron chi connectivity index (χ3n) is 5.19. The van der Waals surface area contributed by atoms with Crippen LogP contribution in [0.5, 0.6) is 0 Å². The topological polar surface area (TPSA) is 82.4 Å². The lowest BCUT2D eigenvalue weighted by Gasteiger charge is -2.16. The van der Waals surface area contributed by atoms with Crippen LogP contribution >= 0.6 is 0 Å². The van der Waals surface area contributed by atoms with Crippen LogP contribution < -0.4 is 0 Å². The number of rotatable bonds is 6. The Balaban J connectivity index is 1.64. The standard InChI is InChI=1S/C21H25NO5S/c1-14-4-6-17(7-5-14)11-21(24)27-12-20(23)19-10-15(2)22(16(19)3)18-8-9-28(25,26)13-18/h4-7,10,18H,8-9,11-13H2,1-3H3. The molecule has 1 unspecified atom stereocenters. The van der Waals surface area contributed by atoms with Crippen LogP contribution in [0.2, 0.25) is 0 Å². The lowest BCUT2D eigenvalue weighted by atomic mass is 10.1. The highest BCUT2D eigenvalue weighted by atomic mass is 32.2. The quantitative estimate of drug-likeness (QED) is 0.547. The number of esters is 1. The van der Waals surface area contributed by atoms with Crippen LogP contribution in [0, 0.1) is 20.8 Å². The van der Waals surface area contributed by atoms with Gasteiger partial charge in [-0.2, -0.15) is 0 Å². The summed E-state index contributed by atoms with van der Waals surface area (Å²) in [6.45, 7) is 5.31. The normalized spacial score (nSPS) is 18.2. The van der Waals surface area contributed by atoms with Crippen molar-refractivity contribution in [2.45, 2.75) is 39.7 Å². The van der Waals surface area contributed by atoms with Crippen molar-refractivity contribution in [1.29, 1.82) is 0 Å². The number of aromatic nitrogens is 1. The largest absolute Gasteiger partial charge is 0.457 e. The highest BCUT2D eigenvalue weighted by Crippen LogP contribution is 2.29. The number of sulfone groups is 1. The van der Waals surface area contributed by atoms with Gasteiger partial charge in [-0.1, -0.05) is 29.8 Å². The molecule has 0 aliphatic carbocycles. The van der Waals surface area contributed by atoms with Gasteiger partial charge in [-0.05, 0) is 38.8 Å². The van der Waals surface area contributed by atoms with Gasteiger partial charge in [0.1, 0.15) is 0 Å². The first-order chi connectivity index (χ1) is 13.2. The van der Waals surface area contributed by atoms with E-state index in [9.17, 15) is 18.0 Å². The molecule has 28 heavy (non-hydrogen) atoms. The third kappa shape index (κ3) is 4.52. The summed E-state index contributed by atoms with van der Waals surface area (Å²) in [6.07, 6.45) is 0.671. The minimum absolute atomic E-state index is 0.0997. The minimum Gasteiger partial charge on any atom is -0.457 e. The second-order valence-corrected chi connectivity index (χ2v) is 9.69. The van der Waals surface area contributed by atoms with E-state index in [1.54, 1.807) is 13.0 Å². The van der Waals surface area contributed by atoms with Crippen molar-refractivity contribution < 1.29 is 22.7 Å². The second kappa shape index (κ2) is 7.91. The Bertz CT molecular complexity index is 1000. The molecule has 6 nitrogen and oxygen atoms in total. The fourth-order valence-electron chi connectivity index (χ4n) is 3.75. The third-order valence-corrected chi connectivity index (χ3v) is 6.94. The van der Waals surface area contributed by atoms with E-state index in [2.05, 4.69) is 0 Å². The van der Waals surface area contributed by atoms with E-state index in [0.29, 0.717) is 12.0 Å². The van der Waals surface area contributed by atoms with Gasteiger partial charge in [0.15, 0.2) is 16.4 Å². The monoisotopic (exact) mass is 403 g/mol. The number of hydrogen-bond acceptors (Lipinski definition) is 5. The van der Waals surface area contributed by atoms with Crippen molar-refractivity contribution in [2.24, 2.45) is 0 Å². The first-order valence-electron chi connectivity index (χ1n) is 9.29. The summed E-state index contributed by atoms with van der Waals surface area (Å²) in [7, 11) is -3.02. The molecule has 0 bridgehead atoms. The Morgan fingerprint density at radius 2 is 1.82 bits per heavy atom. The van der Waals surface area contributed by atoms with E-state index in [0.717, 1.165) is 22.5 Å². The van der Waals surface area contributed by atoms with E-state index in [1.807, 2.05) is 42.7 Å². The lowest BCUT2D eigenvalue weighted by molar-refractivity contribution is -0.141. The summed E-state index contributed by atoms with van der Waals surface area (Å²) >= 11 is 0. The smallest absolute Gasteiger partial charge is 0.310 e. The van der Waals surface area contributed by atoms with E-state index >= 15 is 0 Å².